The third kappa shape index (κ3) is 5.52. The fourth-order valence-electron chi connectivity index (χ4n) is 4.26. The van der Waals surface area contributed by atoms with Crippen LogP contribution in [-0.4, -0.2) is 38.0 Å². The number of fused-ring (bicyclic) bond motifs is 1. The molecule has 0 radical (unpaired) electrons. The van der Waals surface area contributed by atoms with Gasteiger partial charge in [0, 0.05) is 0 Å². The first-order valence-electron chi connectivity index (χ1n) is 12.6. The van der Waals surface area contributed by atoms with Gasteiger partial charge in [0.2, 0.25) is 0 Å². The van der Waals surface area contributed by atoms with Crippen molar-refractivity contribution in [2.75, 3.05) is 27.4 Å². The summed E-state index contributed by atoms with van der Waals surface area (Å²) in [6.07, 6.45) is 3.79. The van der Waals surface area contributed by atoms with Crippen LogP contribution in [0.15, 0.2) is 63.5 Å². The number of benzene rings is 2. The molecule has 0 spiro atoms. The van der Waals surface area contributed by atoms with E-state index in [0.717, 1.165) is 24.0 Å². The van der Waals surface area contributed by atoms with Gasteiger partial charge in [-0.2, -0.15) is 0 Å². The molecule has 3 aromatic rings. The van der Waals surface area contributed by atoms with Crippen LogP contribution >= 0.6 is 11.3 Å². The Balaban J connectivity index is 1.82. The summed E-state index contributed by atoms with van der Waals surface area (Å²) in [5.74, 6) is 1.44. The largest absolute Gasteiger partial charge is 0.497 e. The molecule has 2 heterocycles. The van der Waals surface area contributed by atoms with E-state index in [-0.39, 0.29) is 12.2 Å². The first-order valence-corrected chi connectivity index (χ1v) is 13.4. The van der Waals surface area contributed by atoms with E-state index in [1.807, 2.05) is 30.3 Å². The van der Waals surface area contributed by atoms with Gasteiger partial charge in [-0.15, -0.1) is 0 Å². The van der Waals surface area contributed by atoms with Gasteiger partial charge >= 0.3 is 5.97 Å². The van der Waals surface area contributed by atoms with E-state index >= 15 is 0 Å². The van der Waals surface area contributed by atoms with Gasteiger partial charge in [0.05, 0.1) is 49.3 Å². The predicted molar refractivity (Wildman–Crippen MR) is 147 cm³/mol. The Hall–Kier alpha value is -3.85. The summed E-state index contributed by atoms with van der Waals surface area (Å²) in [4.78, 5) is 31.9. The second-order valence-electron chi connectivity index (χ2n) is 8.69. The Morgan fingerprint density at radius 2 is 1.84 bits per heavy atom. The standard InChI is InChI=1S/C29H32N2O6S/c1-6-8-15-37-22-14-9-19(16-23(22)35-5)17-24-27(32)31-26(20-10-12-21(34-4)13-11-20)25(28(33)36-7-2)18(3)30-29(31)38-24/h9-14,16-17,26H,6-8,15H2,1-5H3/b24-17+/t26-/m1/s1. The van der Waals surface area contributed by atoms with E-state index < -0.39 is 12.0 Å². The number of carbonyl (C=O) groups is 1. The van der Waals surface area contributed by atoms with E-state index in [2.05, 4.69) is 11.9 Å². The highest BCUT2D eigenvalue weighted by atomic mass is 32.1. The Morgan fingerprint density at radius 3 is 2.50 bits per heavy atom. The maximum absolute atomic E-state index is 13.8. The van der Waals surface area contributed by atoms with Crippen molar-refractivity contribution in [3.63, 3.8) is 0 Å². The highest BCUT2D eigenvalue weighted by molar-refractivity contribution is 7.07. The molecule has 1 aliphatic heterocycles. The van der Waals surface area contributed by atoms with Gasteiger partial charge in [-0.25, -0.2) is 9.79 Å². The van der Waals surface area contributed by atoms with Gasteiger partial charge in [0.25, 0.3) is 5.56 Å². The van der Waals surface area contributed by atoms with Crippen molar-refractivity contribution in [2.45, 2.75) is 39.7 Å². The van der Waals surface area contributed by atoms with Crippen LogP contribution in [-0.2, 0) is 9.53 Å². The Bertz CT molecular complexity index is 1520. The van der Waals surface area contributed by atoms with Crippen LogP contribution in [0.25, 0.3) is 6.08 Å². The third-order valence-electron chi connectivity index (χ3n) is 6.19. The van der Waals surface area contributed by atoms with Gasteiger partial charge < -0.3 is 18.9 Å². The van der Waals surface area contributed by atoms with Crippen LogP contribution in [0.5, 0.6) is 17.2 Å². The molecule has 38 heavy (non-hydrogen) atoms. The lowest BCUT2D eigenvalue weighted by molar-refractivity contribution is -0.139. The molecule has 1 atom stereocenters. The molecular weight excluding hydrogens is 504 g/mol. The number of allylic oxidation sites excluding steroid dienone is 1. The fourth-order valence-corrected chi connectivity index (χ4v) is 5.31. The zero-order chi connectivity index (χ0) is 27.2. The molecule has 1 aliphatic rings. The quantitative estimate of drug-likeness (QED) is 0.288. The summed E-state index contributed by atoms with van der Waals surface area (Å²) < 4.78 is 24.1. The van der Waals surface area contributed by atoms with Crippen molar-refractivity contribution in [3.05, 3.63) is 84.5 Å². The molecule has 0 unspecified atom stereocenters. The summed E-state index contributed by atoms with van der Waals surface area (Å²) in [5.41, 5.74) is 2.16. The number of hydrogen-bond acceptors (Lipinski definition) is 8. The van der Waals surface area contributed by atoms with Gasteiger partial charge in [0.15, 0.2) is 16.3 Å². The number of methoxy groups -OCH3 is 2. The fraction of sp³-hybridized carbons (Fsp3) is 0.345. The molecule has 2 aromatic carbocycles. The third-order valence-corrected chi connectivity index (χ3v) is 7.17. The number of hydrogen-bond donors (Lipinski definition) is 0. The number of unbranched alkanes of at least 4 members (excludes halogenated alkanes) is 1. The summed E-state index contributed by atoms with van der Waals surface area (Å²) in [6, 6.07) is 12.2. The zero-order valence-corrected chi connectivity index (χ0v) is 23.1. The van der Waals surface area contributed by atoms with Crippen LogP contribution in [0.3, 0.4) is 0 Å². The zero-order valence-electron chi connectivity index (χ0n) is 22.3. The molecule has 0 aliphatic carbocycles. The topological polar surface area (TPSA) is 88.4 Å². The molecule has 1 aromatic heterocycles. The van der Waals surface area contributed by atoms with Gasteiger partial charge in [-0.1, -0.05) is 42.9 Å². The van der Waals surface area contributed by atoms with Crippen molar-refractivity contribution >= 4 is 23.4 Å². The molecule has 9 heteroatoms. The molecule has 0 fully saturated rings. The number of carbonyl (C=O) groups excluding carboxylic acids is 1. The summed E-state index contributed by atoms with van der Waals surface area (Å²) in [7, 11) is 3.18. The van der Waals surface area contributed by atoms with Gasteiger partial charge in [-0.3, -0.25) is 9.36 Å². The molecule has 0 N–H and O–H groups in total. The van der Waals surface area contributed by atoms with Crippen molar-refractivity contribution in [2.24, 2.45) is 4.99 Å². The Morgan fingerprint density at radius 1 is 1.08 bits per heavy atom. The lowest BCUT2D eigenvalue weighted by Crippen LogP contribution is -2.39. The summed E-state index contributed by atoms with van der Waals surface area (Å²) in [6.45, 7) is 6.45. The van der Waals surface area contributed by atoms with Crippen molar-refractivity contribution < 1.29 is 23.7 Å². The normalized spacial score (nSPS) is 15.1. The van der Waals surface area contributed by atoms with Gasteiger partial charge in [-0.05, 0) is 61.7 Å². The van der Waals surface area contributed by atoms with Crippen molar-refractivity contribution in [1.82, 2.24) is 4.57 Å². The monoisotopic (exact) mass is 536 g/mol. The van der Waals surface area contributed by atoms with E-state index in [4.69, 9.17) is 18.9 Å². The number of nitrogens with zero attached hydrogens (tertiary/aromatic N) is 2. The summed E-state index contributed by atoms with van der Waals surface area (Å²) >= 11 is 1.27. The van der Waals surface area contributed by atoms with E-state index in [0.29, 0.717) is 44.5 Å². The Kier molecular flexibility index (Phi) is 8.68. The smallest absolute Gasteiger partial charge is 0.338 e. The molecule has 0 saturated heterocycles. The molecule has 4 rings (SSSR count). The van der Waals surface area contributed by atoms with Crippen molar-refractivity contribution in [1.29, 1.82) is 0 Å². The molecule has 200 valence electrons. The predicted octanol–water partition coefficient (Wildman–Crippen LogP) is 3.99. The highest BCUT2D eigenvalue weighted by Gasteiger charge is 2.33. The van der Waals surface area contributed by atoms with Crippen molar-refractivity contribution in [3.8, 4) is 17.2 Å². The Labute approximate surface area is 225 Å². The SMILES string of the molecule is CCCCOc1ccc(/C=c2/sc3n(c2=O)[C@H](c2ccc(OC)cc2)C(C(=O)OCC)=C(C)N=3)cc1OC. The second kappa shape index (κ2) is 12.1. The maximum atomic E-state index is 13.8. The average molecular weight is 537 g/mol. The first-order chi connectivity index (χ1) is 18.4. The highest BCUT2D eigenvalue weighted by Crippen LogP contribution is 2.32. The number of rotatable bonds is 10. The molecule has 0 amide bonds. The molecule has 8 nitrogen and oxygen atoms in total. The minimum atomic E-state index is -0.678. The minimum absolute atomic E-state index is 0.218. The average Bonchev–Trinajstić information content (AvgIpc) is 3.22. The molecule has 0 bridgehead atoms. The molecular formula is C29H32N2O6S. The lowest BCUT2D eigenvalue weighted by atomic mass is 9.96. The summed E-state index contributed by atoms with van der Waals surface area (Å²) in [5, 5.41) is 0. The molecule has 0 saturated carbocycles. The lowest BCUT2D eigenvalue weighted by Gasteiger charge is -2.24. The number of aromatic nitrogens is 1. The van der Waals surface area contributed by atoms with Crippen LogP contribution in [0.2, 0.25) is 0 Å². The van der Waals surface area contributed by atoms with E-state index in [1.165, 1.54) is 11.3 Å². The minimum Gasteiger partial charge on any atom is -0.497 e. The van der Waals surface area contributed by atoms with Gasteiger partial charge in [0.1, 0.15) is 5.75 Å². The second-order valence-corrected chi connectivity index (χ2v) is 9.70. The van der Waals surface area contributed by atoms with Crippen LogP contribution in [0, 0.1) is 0 Å². The van der Waals surface area contributed by atoms with E-state index in [1.54, 1.807) is 50.8 Å². The number of thiazole rings is 1. The van der Waals surface area contributed by atoms with E-state index in [9.17, 15) is 9.59 Å². The number of esters is 1. The van der Waals surface area contributed by atoms with Crippen LogP contribution in [0.1, 0.15) is 50.8 Å². The van der Waals surface area contributed by atoms with Crippen LogP contribution in [0.4, 0.5) is 0 Å². The van der Waals surface area contributed by atoms with Crippen LogP contribution < -0.4 is 29.1 Å². The maximum Gasteiger partial charge on any atom is 0.338 e. The first kappa shape index (κ1) is 27.2. The number of ether oxygens (including phenoxy) is 4.